The Morgan fingerprint density at radius 1 is 1.30 bits per heavy atom. The lowest BCUT2D eigenvalue weighted by Crippen LogP contribution is -2.46. The minimum atomic E-state index is -0.534. The van der Waals surface area contributed by atoms with Gasteiger partial charge in [-0.25, -0.2) is 0 Å². The first-order valence-electron chi connectivity index (χ1n) is 7.78. The Morgan fingerprint density at radius 3 is 2.65 bits per heavy atom. The predicted molar refractivity (Wildman–Crippen MR) is 87.3 cm³/mol. The van der Waals surface area contributed by atoms with Gasteiger partial charge in [-0.15, -0.1) is 0 Å². The first-order valence-corrected chi connectivity index (χ1v) is 7.78. The maximum absolute atomic E-state index is 12.6. The molecule has 1 aromatic carbocycles. The Bertz CT molecular complexity index is 724. The maximum atomic E-state index is 12.6. The smallest absolute Gasteiger partial charge is 0.232 e. The van der Waals surface area contributed by atoms with Crippen LogP contribution in [0.1, 0.15) is 39.3 Å². The van der Waals surface area contributed by atoms with Crippen molar-refractivity contribution in [3.05, 3.63) is 36.0 Å². The molecule has 0 saturated heterocycles. The molecule has 5 nitrogen and oxygen atoms in total. The molecule has 1 amide bonds. The van der Waals surface area contributed by atoms with Crippen LogP contribution < -0.4 is 10.1 Å². The standard InChI is InChI=1S/C18H22N2O3/c1-17(2,3)19-16(21)18(8-9-18)15-11-14(23-20-15)12-6-5-7-13(10-12)22-4/h5-7,10-11H,8-9H2,1-4H3,(H,19,21). The summed E-state index contributed by atoms with van der Waals surface area (Å²) in [5, 5.41) is 7.20. The third-order valence-corrected chi connectivity index (χ3v) is 4.03. The first kappa shape index (κ1) is 15.6. The highest BCUT2D eigenvalue weighted by Gasteiger charge is 2.54. The van der Waals surface area contributed by atoms with Crippen LogP contribution in [0.2, 0.25) is 0 Å². The SMILES string of the molecule is COc1cccc(-c2cc(C3(C(=O)NC(C)(C)C)CC3)no2)c1. The minimum Gasteiger partial charge on any atom is -0.497 e. The van der Waals surface area contributed by atoms with Crippen molar-refractivity contribution in [1.29, 1.82) is 0 Å². The van der Waals surface area contributed by atoms with Crippen molar-refractivity contribution in [2.24, 2.45) is 0 Å². The van der Waals surface area contributed by atoms with Crippen LogP contribution in [-0.4, -0.2) is 23.7 Å². The molecule has 0 radical (unpaired) electrons. The van der Waals surface area contributed by atoms with Gasteiger partial charge in [0.2, 0.25) is 5.91 Å². The van der Waals surface area contributed by atoms with Crippen LogP contribution >= 0.6 is 0 Å². The fourth-order valence-electron chi connectivity index (χ4n) is 2.60. The van der Waals surface area contributed by atoms with Gasteiger partial charge in [-0.1, -0.05) is 17.3 Å². The second-order valence-electron chi connectivity index (χ2n) is 7.09. The normalized spacial score (nSPS) is 16.0. The quantitative estimate of drug-likeness (QED) is 0.940. The average Bonchev–Trinajstić information content (AvgIpc) is 3.16. The van der Waals surface area contributed by atoms with Gasteiger partial charge in [-0.3, -0.25) is 4.79 Å². The fraction of sp³-hybridized carbons (Fsp3) is 0.444. The lowest BCUT2D eigenvalue weighted by molar-refractivity contribution is -0.125. The molecule has 122 valence electrons. The van der Waals surface area contributed by atoms with Crippen molar-refractivity contribution in [2.45, 2.75) is 44.6 Å². The molecule has 5 heteroatoms. The molecule has 0 spiro atoms. The van der Waals surface area contributed by atoms with Gasteiger partial charge in [0, 0.05) is 17.2 Å². The van der Waals surface area contributed by atoms with E-state index >= 15 is 0 Å². The molecule has 0 atom stereocenters. The number of methoxy groups -OCH3 is 1. The van der Waals surface area contributed by atoms with Crippen LogP contribution in [-0.2, 0) is 10.2 Å². The van der Waals surface area contributed by atoms with E-state index in [4.69, 9.17) is 9.26 Å². The van der Waals surface area contributed by atoms with Crippen molar-refractivity contribution >= 4 is 5.91 Å². The van der Waals surface area contributed by atoms with Crippen molar-refractivity contribution in [2.75, 3.05) is 7.11 Å². The summed E-state index contributed by atoms with van der Waals surface area (Å²) >= 11 is 0. The maximum Gasteiger partial charge on any atom is 0.232 e. The van der Waals surface area contributed by atoms with Crippen LogP contribution in [0.25, 0.3) is 11.3 Å². The van der Waals surface area contributed by atoms with Crippen molar-refractivity contribution in [3.63, 3.8) is 0 Å². The fourth-order valence-corrected chi connectivity index (χ4v) is 2.60. The molecule has 1 aromatic heterocycles. The van der Waals surface area contributed by atoms with Crippen LogP contribution in [0.4, 0.5) is 0 Å². The molecular weight excluding hydrogens is 292 g/mol. The topological polar surface area (TPSA) is 64.4 Å². The van der Waals surface area contributed by atoms with Crippen LogP contribution in [0.3, 0.4) is 0 Å². The number of ether oxygens (including phenoxy) is 1. The Morgan fingerprint density at radius 2 is 2.04 bits per heavy atom. The molecule has 1 fully saturated rings. The van der Waals surface area contributed by atoms with Crippen LogP contribution in [0, 0.1) is 0 Å². The summed E-state index contributed by atoms with van der Waals surface area (Å²) in [6, 6.07) is 9.46. The summed E-state index contributed by atoms with van der Waals surface area (Å²) in [7, 11) is 1.63. The highest BCUT2D eigenvalue weighted by atomic mass is 16.5. The number of hydrogen-bond donors (Lipinski definition) is 1. The first-order chi connectivity index (χ1) is 10.8. The van der Waals surface area contributed by atoms with Crippen molar-refractivity contribution in [1.82, 2.24) is 10.5 Å². The number of hydrogen-bond acceptors (Lipinski definition) is 4. The Labute approximate surface area is 136 Å². The summed E-state index contributed by atoms with van der Waals surface area (Å²) in [6.45, 7) is 5.93. The molecule has 1 aliphatic carbocycles. The van der Waals surface area contributed by atoms with Gasteiger partial charge in [-0.2, -0.15) is 0 Å². The summed E-state index contributed by atoms with van der Waals surface area (Å²) in [5.74, 6) is 1.43. The molecule has 0 bridgehead atoms. The molecule has 23 heavy (non-hydrogen) atoms. The lowest BCUT2D eigenvalue weighted by Gasteiger charge is -2.23. The molecule has 2 aromatic rings. The van der Waals surface area contributed by atoms with E-state index < -0.39 is 5.41 Å². The van der Waals surface area contributed by atoms with E-state index in [9.17, 15) is 4.79 Å². The number of nitrogens with one attached hydrogen (secondary N) is 1. The molecule has 0 aliphatic heterocycles. The second-order valence-corrected chi connectivity index (χ2v) is 7.09. The van der Waals surface area contributed by atoms with Crippen molar-refractivity contribution < 1.29 is 14.1 Å². The van der Waals surface area contributed by atoms with Crippen molar-refractivity contribution in [3.8, 4) is 17.1 Å². The summed E-state index contributed by atoms with van der Waals surface area (Å²) < 4.78 is 10.7. The third kappa shape index (κ3) is 3.09. The molecule has 0 unspecified atom stereocenters. The largest absolute Gasteiger partial charge is 0.497 e. The molecule has 1 saturated carbocycles. The highest BCUT2D eigenvalue weighted by Crippen LogP contribution is 2.49. The number of amides is 1. The number of carbonyl (C=O) groups excluding carboxylic acids is 1. The monoisotopic (exact) mass is 314 g/mol. The van der Waals surface area contributed by atoms with Crippen LogP contribution in [0.5, 0.6) is 5.75 Å². The van der Waals surface area contributed by atoms with Gasteiger partial charge in [0.1, 0.15) is 5.75 Å². The zero-order valence-corrected chi connectivity index (χ0v) is 14.0. The molecule has 1 N–H and O–H groups in total. The van der Waals surface area contributed by atoms with E-state index in [1.165, 1.54) is 0 Å². The predicted octanol–water partition coefficient (Wildman–Crippen LogP) is 3.30. The van der Waals surface area contributed by atoms with Gasteiger partial charge in [0.05, 0.1) is 18.2 Å². The van der Waals surface area contributed by atoms with E-state index in [1.807, 2.05) is 51.1 Å². The Balaban J connectivity index is 1.85. The summed E-state index contributed by atoms with van der Waals surface area (Å²) in [5.41, 5.74) is 0.798. The number of aromatic nitrogens is 1. The zero-order chi connectivity index (χ0) is 16.7. The summed E-state index contributed by atoms with van der Waals surface area (Å²) in [6.07, 6.45) is 1.61. The number of rotatable bonds is 4. The average molecular weight is 314 g/mol. The van der Waals surface area contributed by atoms with Gasteiger partial charge in [0.15, 0.2) is 5.76 Å². The third-order valence-electron chi connectivity index (χ3n) is 4.03. The van der Waals surface area contributed by atoms with E-state index in [1.54, 1.807) is 7.11 Å². The molecule has 3 rings (SSSR count). The van der Waals surface area contributed by atoms with E-state index in [2.05, 4.69) is 10.5 Å². The van der Waals surface area contributed by atoms with E-state index in [0.717, 1.165) is 24.2 Å². The molecule has 1 aliphatic rings. The molecular formula is C18H22N2O3. The number of nitrogens with zero attached hydrogens (tertiary/aromatic N) is 1. The van der Waals surface area contributed by atoms with E-state index in [0.29, 0.717) is 11.5 Å². The van der Waals surface area contributed by atoms with Crippen LogP contribution in [0.15, 0.2) is 34.9 Å². The van der Waals surface area contributed by atoms with Gasteiger partial charge >= 0.3 is 0 Å². The number of benzene rings is 1. The van der Waals surface area contributed by atoms with Gasteiger partial charge < -0.3 is 14.6 Å². The Hall–Kier alpha value is -2.30. The summed E-state index contributed by atoms with van der Waals surface area (Å²) in [4.78, 5) is 12.6. The minimum absolute atomic E-state index is 0.0236. The van der Waals surface area contributed by atoms with Gasteiger partial charge in [-0.05, 0) is 45.7 Å². The Kier molecular flexibility index (Phi) is 3.66. The van der Waals surface area contributed by atoms with Gasteiger partial charge in [0.25, 0.3) is 0 Å². The number of carbonyl (C=O) groups is 1. The zero-order valence-electron chi connectivity index (χ0n) is 14.0. The lowest BCUT2D eigenvalue weighted by atomic mass is 9.98. The molecule has 1 heterocycles. The highest BCUT2D eigenvalue weighted by molar-refractivity contribution is 5.91. The van der Waals surface area contributed by atoms with E-state index in [-0.39, 0.29) is 11.4 Å². The second kappa shape index (κ2) is 5.41.